The van der Waals surface area contributed by atoms with Gasteiger partial charge in [0.05, 0.1) is 5.02 Å². The number of fused-ring (bicyclic) bond motifs is 1. The molecule has 3 heterocycles. The van der Waals surface area contributed by atoms with Gasteiger partial charge >= 0.3 is 0 Å². The minimum absolute atomic E-state index is 0.0147. The molecule has 1 atom stereocenters. The van der Waals surface area contributed by atoms with E-state index < -0.39 is 0 Å². The molecule has 0 aliphatic carbocycles. The first kappa shape index (κ1) is 14.2. The molecule has 6 heteroatoms. The number of aryl methyl sites for hydroxylation is 2. The van der Waals surface area contributed by atoms with Crippen LogP contribution in [0, 0.1) is 5.92 Å². The third kappa shape index (κ3) is 2.83. The smallest absolute Gasteiger partial charge is 0.270 e. The molecule has 0 saturated heterocycles. The number of rotatable bonds is 3. The van der Waals surface area contributed by atoms with E-state index in [0.717, 1.165) is 31.8 Å². The highest BCUT2D eigenvalue weighted by Gasteiger charge is 2.23. The topological polar surface area (TPSA) is 43.1 Å². The Morgan fingerprint density at radius 1 is 1.57 bits per heavy atom. The van der Waals surface area contributed by atoms with Crippen molar-refractivity contribution in [2.75, 3.05) is 13.6 Å². The number of hydrogen-bond acceptors (Lipinski definition) is 2. The summed E-state index contributed by atoms with van der Waals surface area (Å²) in [5.41, 5.74) is 0.627. The molecule has 0 unspecified atom stereocenters. The van der Waals surface area contributed by atoms with Crippen molar-refractivity contribution in [2.45, 2.75) is 19.4 Å². The fraction of sp³-hybridized carbons (Fsp3) is 0.467. The SMILES string of the molecule is CN(C[C@H]1CCc2nccn2C1)C(=O)c1cc(Cl)cn1C. The first-order chi connectivity index (χ1) is 10.0. The molecule has 1 aliphatic heterocycles. The number of halogens is 1. The molecule has 0 spiro atoms. The molecule has 0 aromatic carbocycles. The van der Waals surface area contributed by atoms with Crippen molar-refractivity contribution >= 4 is 17.5 Å². The van der Waals surface area contributed by atoms with Crippen molar-refractivity contribution in [3.05, 3.63) is 41.2 Å². The lowest BCUT2D eigenvalue weighted by molar-refractivity contribution is 0.0751. The van der Waals surface area contributed by atoms with Crippen LogP contribution in [-0.4, -0.2) is 38.5 Å². The lowest BCUT2D eigenvalue weighted by Crippen LogP contribution is -2.36. The molecule has 1 aliphatic rings. The summed E-state index contributed by atoms with van der Waals surface area (Å²) in [7, 11) is 3.69. The van der Waals surface area contributed by atoms with Gasteiger partial charge in [-0.15, -0.1) is 0 Å². The highest BCUT2D eigenvalue weighted by molar-refractivity contribution is 6.31. The number of carbonyl (C=O) groups is 1. The van der Waals surface area contributed by atoms with E-state index in [1.807, 2.05) is 26.5 Å². The summed E-state index contributed by atoms with van der Waals surface area (Å²) in [5, 5.41) is 0.593. The van der Waals surface area contributed by atoms with Gasteiger partial charge in [0, 0.05) is 52.2 Å². The van der Waals surface area contributed by atoms with Crippen molar-refractivity contribution in [3.8, 4) is 0 Å². The van der Waals surface area contributed by atoms with Crippen LogP contribution in [0.3, 0.4) is 0 Å². The molecule has 0 radical (unpaired) electrons. The molecule has 21 heavy (non-hydrogen) atoms. The maximum atomic E-state index is 12.5. The Hall–Kier alpha value is -1.75. The predicted molar refractivity (Wildman–Crippen MR) is 81.4 cm³/mol. The number of imidazole rings is 1. The second-order valence-electron chi connectivity index (χ2n) is 5.74. The van der Waals surface area contributed by atoms with Crippen LogP contribution >= 0.6 is 11.6 Å². The fourth-order valence-electron chi connectivity index (χ4n) is 2.99. The van der Waals surface area contributed by atoms with Crippen LogP contribution in [0.5, 0.6) is 0 Å². The van der Waals surface area contributed by atoms with Crippen LogP contribution in [0.15, 0.2) is 24.7 Å². The summed E-state index contributed by atoms with van der Waals surface area (Å²) in [6.07, 6.45) is 7.66. The monoisotopic (exact) mass is 306 g/mol. The van der Waals surface area contributed by atoms with Crippen LogP contribution in [0.4, 0.5) is 0 Å². The zero-order valence-electron chi connectivity index (χ0n) is 12.3. The molecule has 1 amide bonds. The van der Waals surface area contributed by atoms with Crippen molar-refractivity contribution < 1.29 is 4.79 Å². The number of nitrogens with zero attached hydrogens (tertiary/aromatic N) is 4. The quantitative estimate of drug-likeness (QED) is 0.872. The summed E-state index contributed by atoms with van der Waals surface area (Å²) in [5.74, 6) is 1.63. The normalized spacial score (nSPS) is 17.6. The Bertz CT molecular complexity index is 660. The van der Waals surface area contributed by atoms with Crippen LogP contribution in [0.2, 0.25) is 5.02 Å². The van der Waals surface area contributed by atoms with E-state index in [2.05, 4.69) is 9.55 Å². The second-order valence-corrected chi connectivity index (χ2v) is 6.18. The zero-order valence-corrected chi connectivity index (χ0v) is 13.0. The van der Waals surface area contributed by atoms with Crippen LogP contribution in [0.1, 0.15) is 22.7 Å². The van der Waals surface area contributed by atoms with E-state index in [9.17, 15) is 4.79 Å². The van der Waals surface area contributed by atoms with E-state index in [1.165, 1.54) is 0 Å². The van der Waals surface area contributed by atoms with Gasteiger partial charge in [0.25, 0.3) is 5.91 Å². The number of amides is 1. The van der Waals surface area contributed by atoms with Crippen molar-refractivity contribution in [1.82, 2.24) is 19.0 Å². The lowest BCUT2D eigenvalue weighted by atomic mass is 9.99. The predicted octanol–water partition coefficient (Wildman–Crippen LogP) is 2.21. The van der Waals surface area contributed by atoms with Crippen molar-refractivity contribution in [2.24, 2.45) is 13.0 Å². The third-order valence-electron chi connectivity index (χ3n) is 4.10. The highest BCUT2D eigenvalue weighted by Crippen LogP contribution is 2.21. The number of aromatic nitrogens is 3. The highest BCUT2D eigenvalue weighted by atomic mass is 35.5. The van der Waals surface area contributed by atoms with Gasteiger partial charge in [-0.1, -0.05) is 11.6 Å². The zero-order chi connectivity index (χ0) is 15.0. The second kappa shape index (κ2) is 5.56. The summed E-state index contributed by atoms with van der Waals surface area (Å²) in [4.78, 5) is 18.6. The van der Waals surface area contributed by atoms with Gasteiger partial charge in [0.1, 0.15) is 11.5 Å². The van der Waals surface area contributed by atoms with Gasteiger partial charge in [0.15, 0.2) is 0 Å². The first-order valence-electron chi connectivity index (χ1n) is 7.12. The molecule has 3 rings (SSSR count). The summed E-state index contributed by atoms with van der Waals surface area (Å²) < 4.78 is 3.96. The van der Waals surface area contributed by atoms with Gasteiger partial charge < -0.3 is 14.0 Å². The molecule has 2 aromatic rings. The average molecular weight is 307 g/mol. The molecule has 0 bridgehead atoms. The van der Waals surface area contributed by atoms with Gasteiger partial charge in [0.2, 0.25) is 0 Å². The number of hydrogen-bond donors (Lipinski definition) is 0. The van der Waals surface area contributed by atoms with Gasteiger partial charge in [-0.05, 0) is 18.4 Å². The molecule has 5 nitrogen and oxygen atoms in total. The van der Waals surface area contributed by atoms with Gasteiger partial charge in [-0.25, -0.2) is 4.98 Å². The summed E-state index contributed by atoms with van der Waals surface area (Å²) in [6, 6.07) is 1.72. The largest absolute Gasteiger partial charge is 0.345 e. The molecular formula is C15H19ClN4O. The van der Waals surface area contributed by atoms with E-state index in [0.29, 0.717) is 16.6 Å². The van der Waals surface area contributed by atoms with E-state index in [-0.39, 0.29) is 5.91 Å². The third-order valence-corrected chi connectivity index (χ3v) is 4.31. The van der Waals surface area contributed by atoms with Crippen molar-refractivity contribution in [1.29, 1.82) is 0 Å². The van der Waals surface area contributed by atoms with E-state index >= 15 is 0 Å². The minimum Gasteiger partial charge on any atom is -0.345 e. The average Bonchev–Trinajstić information content (AvgIpc) is 3.03. The van der Waals surface area contributed by atoms with Crippen molar-refractivity contribution in [3.63, 3.8) is 0 Å². The van der Waals surface area contributed by atoms with Gasteiger partial charge in [-0.2, -0.15) is 0 Å². The molecule has 0 fully saturated rings. The van der Waals surface area contributed by atoms with Gasteiger partial charge in [-0.3, -0.25) is 4.79 Å². The Labute approximate surface area is 129 Å². The minimum atomic E-state index is 0.0147. The fourth-order valence-corrected chi connectivity index (χ4v) is 3.24. The van der Waals surface area contributed by atoms with E-state index in [1.54, 1.807) is 21.7 Å². The number of carbonyl (C=O) groups excluding carboxylic acids is 1. The lowest BCUT2D eigenvalue weighted by Gasteiger charge is -2.28. The standard InChI is InChI=1S/C15H19ClN4O/c1-18-10-12(16)7-13(18)15(21)19(2)8-11-3-4-14-17-5-6-20(14)9-11/h5-7,10-11H,3-4,8-9H2,1-2H3/t11-/m1/s1. The van der Waals surface area contributed by atoms with Crippen LogP contribution in [-0.2, 0) is 20.0 Å². The summed E-state index contributed by atoms with van der Waals surface area (Å²) >= 11 is 5.95. The Morgan fingerprint density at radius 3 is 3.10 bits per heavy atom. The first-order valence-corrected chi connectivity index (χ1v) is 7.49. The maximum Gasteiger partial charge on any atom is 0.270 e. The molecule has 0 saturated carbocycles. The maximum absolute atomic E-state index is 12.5. The van der Waals surface area contributed by atoms with Crippen LogP contribution < -0.4 is 0 Å². The Morgan fingerprint density at radius 2 is 2.38 bits per heavy atom. The Balaban J connectivity index is 1.65. The molecule has 112 valence electrons. The van der Waals surface area contributed by atoms with E-state index in [4.69, 9.17) is 11.6 Å². The molecule has 2 aromatic heterocycles. The van der Waals surface area contributed by atoms with Crippen LogP contribution in [0.25, 0.3) is 0 Å². The molecular weight excluding hydrogens is 288 g/mol. The Kier molecular flexibility index (Phi) is 3.76. The molecule has 0 N–H and O–H groups in total. The summed E-state index contributed by atoms with van der Waals surface area (Å²) in [6.45, 7) is 1.68.